The molecule has 0 saturated heterocycles. The second-order valence-corrected chi connectivity index (χ2v) is 6.70. The molecule has 0 aliphatic heterocycles. The van der Waals surface area contributed by atoms with Crippen LogP contribution in [-0.4, -0.2) is 28.8 Å². The largest absolute Gasteiger partial charge is 0.468 e. The molecule has 1 fully saturated rings. The first kappa shape index (κ1) is 17.2. The van der Waals surface area contributed by atoms with Gasteiger partial charge in [-0.05, 0) is 57.4 Å². The summed E-state index contributed by atoms with van der Waals surface area (Å²) in [7, 11) is 1.32. The third-order valence-electron chi connectivity index (χ3n) is 4.76. The van der Waals surface area contributed by atoms with Crippen LogP contribution in [0.25, 0.3) is 5.69 Å². The van der Waals surface area contributed by atoms with Gasteiger partial charge in [-0.3, -0.25) is 9.59 Å². The Balaban J connectivity index is 1.71. The van der Waals surface area contributed by atoms with Gasteiger partial charge in [0.1, 0.15) is 5.41 Å². The van der Waals surface area contributed by atoms with Gasteiger partial charge in [0, 0.05) is 5.69 Å². The highest BCUT2D eigenvalue weighted by Gasteiger charge is 2.57. The van der Waals surface area contributed by atoms with E-state index in [4.69, 9.17) is 4.74 Å². The van der Waals surface area contributed by atoms with Crippen molar-refractivity contribution in [3.8, 4) is 5.69 Å². The van der Waals surface area contributed by atoms with E-state index in [2.05, 4.69) is 10.4 Å². The molecule has 6 heteroatoms. The van der Waals surface area contributed by atoms with E-state index in [0.29, 0.717) is 12.8 Å². The molecule has 132 valence electrons. The normalized spacial score (nSPS) is 16.2. The van der Waals surface area contributed by atoms with Crippen LogP contribution in [0.1, 0.15) is 42.8 Å². The average Bonchev–Trinajstić information content (AvgIpc) is 3.34. The molecule has 3 rings (SSSR count). The summed E-state index contributed by atoms with van der Waals surface area (Å²) in [6.07, 6.45) is 1.10. The van der Waals surface area contributed by atoms with E-state index in [-0.39, 0.29) is 11.9 Å². The molecule has 6 nitrogen and oxygen atoms in total. The number of hydrogen-bond acceptors (Lipinski definition) is 4. The lowest BCUT2D eigenvalue weighted by Gasteiger charge is -2.19. The molecule has 0 radical (unpaired) electrons. The Kier molecular flexibility index (Phi) is 4.37. The number of carbonyl (C=O) groups is 2. The van der Waals surface area contributed by atoms with Gasteiger partial charge in [0.15, 0.2) is 0 Å². The van der Waals surface area contributed by atoms with Crippen molar-refractivity contribution in [3.05, 3.63) is 47.3 Å². The van der Waals surface area contributed by atoms with E-state index in [1.807, 2.05) is 55.8 Å². The van der Waals surface area contributed by atoms with Crippen LogP contribution < -0.4 is 5.32 Å². The van der Waals surface area contributed by atoms with Crippen molar-refractivity contribution in [2.45, 2.75) is 39.7 Å². The Hall–Kier alpha value is -2.63. The number of nitrogens with zero attached hydrogens (tertiary/aromatic N) is 2. The highest BCUT2D eigenvalue weighted by molar-refractivity contribution is 6.05. The van der Waals surface area contributed by atoms with Crippen LogP contribution in [-0.2, 0) is 14.3 Å². The number of nitrogens with one attached hydrogen (secondary N) is 1. The van der Waals surface area contributed by atoms with Crippen molar-refractivity contribution in [2.24, 2.45) is 5.41 Å². The molecular weight excluding hydrogens is 318 g/mol. The molecule has 1 heterocycles. The van der Waals surface area contributed by atoms with E-state index in [9.17, 15) is 9.59 Å². The predicted molar refractivity (Wildman–Crippen MR) is 93.3 cm³/mol. The molecule has 1 aliphatic rings. The minimum absolute atomic E-state index is 0.191. The summed E-state index contributed by atoms with van der Waals surface area (Å²) in [5, 5.41) is 7.39. The van der Waals surface area contributed by atoms with Gasteiger partial charge in [-0.15, -0.1) is 0 Å². The highest BCUT2D eigenvalue weighted by atomic mass is 16.5. The number of amides is 1. The molecule has 1 aromatic carbocycles. The molecule has 25 heavy (non-hydrogen) atoms. The van der Waals surface area contributed by atoms with Crippen molar-refractivity contribution in [1.29, 1.82) is 0 Å². The molecule has 1 atom stereocenters. The minimum Gasteiger partial charge on any atom is -0.468 e. The number of rotatable bonds is 5. The summed E-state index contributed by atoms with van der Waals surface area (Å²) < 4.78 is 6.64. The van der Waals surface area contributed by atoms with Crippen LogP contribution in [0, 0.1) is 19.3 Å². The maximum atomic E-state index is 12.4. The fourth-order valence-corrected chi connectivity index (χ4v) is 3.06. The average molecular weight is 341 g/mol. The van der Waals surface area contributed by atoms with Crippen LogP contribution >= 0.6 is 0 Å². The van der Waals surface area contributed by atoms with E-state index in [1.54, 1.807) is 0 Å². The van der Waals surface area contributed by atoms with E-state index >= 15 is 0 Å². The van der Waals surface area contributed by atoms with Crippen molar-refractivity contribution < 1.29 is 14.3 Å². The number of hydrogen-bond donors (Lipinski definition) is 1. The smallest absolute Gasteiger partial charge is 0.321 e. The Morgan fingerprint density at radius 2 is 1.88 bits per heavy atom. The molecule has 1 unspecified atom stereocenters. The van der Waals surface area contributed by atoms with Crippen molar-refractivity contribution >= 4 is 11.9 Å². The fourth-order valence-electron chi connectivity index (χ4n) is 3.06. The van der Waals surface area contributed by atoms with Gasteiger partial charge in [0.05, 0.1) is 24.5 Å². The first-order chi connectivity index (χ1) is 11.9. The summed E-state index contributed by atoms with van der Waals surface area (Å²) in [5.41, 5.74) is 3.01. The summed E-state index contributed by atoms with van der Waals surface area (Å²) in [5.74, 6) is -0.702. The zero-order valence-corrected chi connectivity index (χ0v) is 15.0. The molecule has 0 bridgehead atoms. The molecule has 1 aromatic heterocycles. The second-order valence-electron chi connectivity index (χ2n) is 6.70. The minimum atomic E-state index is -0.980. The molecule has 1 aliphatic carbocycles. The van der Waals surface area contributed by atoms with Gasteiger partial charge in [-0.25, -0.2) is 4.68 Å². The van der Waals surface area contributed by atoms with Crippen LogP contribution in [0.5, 0.6) is 0 Å². The third kappa shape index (κ3) is 3.16. The topological polar surface area (TPSA) is 73.2 Å². The molecule has 1 amide bonds. The second kappa shape index (κ2) is 6.35. The lowest BCUT2D eigenvalue weighted by Crippen LogP contribution is -2.38. The third-order valence-corrected chi connectivity index (χ3v) is 4.76. The quantitative estimate of drug-likeness (QED) is 0.670. The summed E-state index contributed by atoms with van der Waals surface area (Å²) in [6.45, 7) is 5.88. The van der Waals surface area contributed by atoms with Gasteiger partial charge >= 0.3 is 5.97 Å². The maximum Gasteiger partial charge on any atom is 0.321 e. The van der Waals surface area contributed by atoms with Crippen molar-refractivity contribution in [1.82, 2.24) is 15.1 Å². The Morgan fingerprint density at radius 3 is 2.36 bits per heavy atom. The molecule has 1 saturated carbocycles. The SMILES string of the molecule is COC(=O)C1(C(=O)NC(C)c2ccc(-n3nc(C)cc3C)cc2)CC1. The van der Waals surface area contributed by atoms with Gasteiger partial charge in [0.25, 0.3) is 0 Å². The number of ether oxygens (including phenoxy) is 1. The number of benzene rings is 1. The van der Waals surface area contributed by atoms with Crippen LogP contribution in [0.2, 0.25) is 0 Å². The summed E-state index contributed by atoms with van der Waals surface area (Å²) in [4.78, 5) is 24.2. The fraction of sp³-hybridized carbons (Fsp3) is 0.421. The van der Waals surface area contributed by atoms with E-state index < -0.39 is 11.4 Å². The highest BCUT2D eigenvalue weighted by Crippen LogP contribution is 2.47. The lowest BCUT2D eigenvalue weighted by molar-refractivity contribution is -0.152. The molecule has 0 spiro atoms. The molecular formula is C19H23N3O3. The number of aryl methyl sites for hydroxylation is 2. The van der Waals surface area contributed by atoms with Crippen LogP contribution in [0.15, 0.2) is 30.3 Å². The van der Waals surface area contributed by atoms with Gasteiger partial charge in [-0.1, -0.05) is 12.1 Å². The first-order valence-electron chi connectivity index (χ1n) is 8.40. The summed E-state index contributed by atoms with van der Waals surface area (Å²) in [6, 6.07) is 9.72. The molecule has 1 N–H and O–H groups in total. The standard InChI is InChI=1S/C19H23N3O3/c1-12-11-13(2)22(21-12)16-7-5-15(6-8-16)14(3)20-17(23)19(9-10-19)18(24)25-4/h5-8,11,14H,9-10H2,1-4H3,(H,20,23). The van der Waals surface area contributed by atoms with Crippen molar-refractivity contribution in [2.75, 3.05) is 7.11 Å². The van der Waals surface area contributed by atoms with E-state index in [1.165, 1.54) is 7.11 Å². The number of methoxy groups -OCH3 is 1. The van der Waals surface area contributed by atoms with Gasteiger partial charge < -0.3 is 10.1 Å². The van der Waals surface area contributed by atoms with Crippen LogP contribution in [0.3, 0.4) is 0 Å². The number of aromatic nitrogens is 2. The zero-order chi connectivity index (χ0) is 18.2. The number of esters is 1. The van der Waals surface area contributed by atoms with Crippen LogP contribution in [0.4, 0.5) is 0 Å². The summed E-state index contributed by atoms with van der Waals surface area (Å²) >= 11 is 0. The molecule has 2 aromatic rings. The zero-order valence-electron chi connectivity index (χ0n) is 15.0. The maximum absolute atomic E-state index is 12.4. The lowest BCUT2D eigenvalue weighted by atomic mass is 10.0. The van der Waals surface area contributed by atoms with Gasteiger partial charge in [0.2, 0.25) is 5.91 Å². The Labute approximate surface area is 147 Å². The Bertz CT molecular complexity index is 804. The van der Waals surface area contributed by atoms with Gasteiger partial charge in [-0.2, -0.15) is 5.10 Å². The number of carbonyl (C=O) groups excluding carboxylic acids is 2. The first-order valence-corrected chi connectivity index (χ1v) is 8.40. The van der Waals surface area contributed by atoms with Crippen molar-refractivity contribution in [3.63, 3.8) is 0 Å². The monoisotopic (exact) mass is 341 g/mol. The van der Waals surface area contributed by atoms with E-state index in [0.717, 1.165) is 22.6 Å². The Morgan fingerprint density at radius 1 is 1.24 bits per heavy atom. The predicted octanol–water partition coefficient (Wildman–Crippen LogP) is 2.62.